The molecule has 0 saturated carbocycles. The fourth-order valence-corrected chi connectivity index (χ4v) is 2.16. The van der Waals surface area contributed by atoms with Gasteiger partial charge in [0.1, 0.15) is 18.1 Å². The van der Waals surface area contributed by atoms with Gasteiger partial charge in [-0.25, -0.2) is 4.79 Å². The van der Waals surface area contributed by atoms with Crippen molar-refractivity contribution in [3.63, 3.8) is 0 Å². The Labute approximate surface area is 150 Å². The highest BCUT2D eigenvalue weighted by atomic mass is 16.6. The van der Waals surface area contributed by atoms with E-state index in [2.05, 4.69) is 0 Å². The number of carbonyl (C=O) groups excluding carboxylic acids is 1. The Balaban J connectivity index is 1.90. The summed E-state index contributed by atoms with van der Waals surface area (Å²) in [5, 5.41) is 10.9. The summed E-state index contributed by atoms with van der Waals surface area (Å²) in [6.07, 6.45) is 0. The van der Waals surface area contributed by atoms with Crippen LogP contribution < -0.4 is 14.2 Å². The van der Waals surface area contributed by atoms with Crippen LogP contribution in [-0.4, -0.2) is 31.2 Å². The maximum Gasteiger partial charge on any atom is 0.344 e. The lowest BCUT2D eigenvalue weighted by atomic mass is 10.2. The maximum atomic E-state index is 11.9. The number of benzene rings is 2. The zero-order chi connectivity index (χ0) is 18.9. The van der Waals surface area contributed by atoms with Crippen molar-refractivity contribution in [1.82, 2.24) is 0 Å². The lowest BCUT2D eigenvalue weighted by Gasteiger charge is -2.11. The van der Waals surface area contributed by atoms with Crippen molar-refractivity contribution >= 4 is 11.7 Å². The van der Waals surface area contributed by atoms with Crippen molar-refractivity contribution in [1.29, 1.82) is 0 Å². The SMILES string of the molecule is CCOc1ccccc1COC(=O)COc1ccc([N+](=O)[O-])c(OC)c1. The van der Waals surface area contributed by atoms with Gasteiger partial charge in [-0.1, -0.05) is 18.2 Å². The second-order valence-electron chi connectivity index (χ2n) is 5.08. The Hall–Kier alpha value is -3.29. The molecule has 0 aliphatic carbocycles. The largest absolute Gasteiger partial charge is 0.493 e. The van der Waals surface area contributed by atoms with Gasteiger partial charge in [0.15, 0.2) is 6.61 Å². The highest BCUT2D eigenvalue weighted by Gasteiger charge is 2.16. The molecule has 0 aliphatic heterocycles. The molecule has 0 saturated heterocycles. The Kier molecular flexibility index (Phi) is 6.78. The van der Waals surface area contributed by atoms with Gasteiger partial charge in [-0.2, -0.15) is 0 Å². The number of nitro groups is 1. The number of carbonyl (C=O) groups is 1. The monoisotopic (exact) mass is 361 g/mol. The van der Waals surface area contributed by atoms with Crippen LogP contribution in [0.5, 0.6) is 17.2 Å². The van der Waals surface area contributed by atoms with E-state index in [4.69, 9.17) is 18.9 Å². The first kappa shape index (κ1) is 19.0. The molecule has 138 valence electrons. The first-order valence-corrected chi connectivity index (χ1v) is 7.86. The van der Waals surface area contributed by atoms with Crippen LogP contribution >= 0.6 is 0 Å². The normalized spacial score (nSPS) is 10.1. The third-order valence-electron chi connectivity index (χ3n) is 3.37. The molecular formula is C18H19NO7. The minimum absolute atomic E-state index is 0.0477. The van der Waals surface area contributed by atoms with E-state index in [1.807, 2.05) is 19.1 Å². The van der Waals surface area contributed by atoms with Crippen LogP contribution in [0.3, 0.4) is 0 Å². The molecule has 0 spiro atoms. The summed E-state index contributed by atoms with van der Waals surface area (Å²) in [7, 11) is 1.32. The lowest BCUT2D eigenvalue weighted by Crippen LogP contribution is -2.15. The first-order valence-electron chi connectivity index (χ1n) is 7.86. The summed E-state index contributed by atoms with van der Waals surface area (Å²) in [5.74, 6) is 0.392. The van der Waals surface area contributed by atoms with E-state index in [-0.39, 0.29) is 30.4 Å². The molecule has 0 aliphatic rings. The molecule has 0 amide bonds. The Bertz CT molecular complexity index is 776. The fourth-order valence-electron chi connectivity index (χ4n) is 2.16. The number of esters is 1. The zero-order valence-corrected chi connectivity index (χ0v) is 14.5. The molecular weight excluding hydrogens is 342 g/mol. The average molecular weight is 361 g/mol. The smallest absolute Gasteiger partial charge is 0.344 e. The van der Waals surface area contributed by atoms with Crippen LogP contribution in [0.1, 0.15) is 12.5 Å². The number of nitro benzene ring substituents is 1. The van der Waals surface area contributed by atoms with Gasteiger partial charge in [0, 0.05) is 17.7 Å². The number of nitrogens with zero attached hydrogens (tertiary/aromatic N) is 1. The van der Waals surface area contributed by atoms with Crippen molar-refractivity contribution in [3.8, 4) is 17.2 Å². The third kappa shape index (κ3) is 5.10. The molecule has 0 radical (unpaired) electrons. The fraction of sp³-hybridized carbons (Fsp3) is 0.278. The lowest BCUT2D eigenvalue weighted by molar-refractivity contribution is -0.385. The standard InChI is InChI=1S/C18H19NO7/c1-3-24-16-7-5-4-6-13(16)11-26-18(20)12-25-14-8-9-15(19(21)22)17(10-14)23-2/h4-10H,3,11-12H2,1-2H3. The summed E-state index contributed by atoms with van der Waals surface area (Å²) in [5.41, 5.74) is 0.565. The van der Waals surface area contributed by atoms with Gasteiger partial charge >= 0.3 is 11.7 Å². The molecule has 8 nitrogen and oxygen atoms in total. The molecule has 0 heterocycles. The van der Waals surface area contributed by atoms with E-state index in [0.29, 0.717) is 12.4 Å². The van der Waals surface area contributed by atoms with Crippen LogP contribution in [0.25, 0.3) is 0 Å². The minimum atomic E-state index is -0.575. The molecule has 0 N–H and O–H groups in total. The van der Waals surface area contributed by atoms with Crippen molar-refractivity contribution in [3.05, 3.63) is 58.1 Å². The quantitative estimate of drug-likeness (QED) is 0.384. The second-order valence-corrected chi connectivity index (χ2v) is 5.08. The summed E-state index contributed by atoms with van der Waals surface area (Å²) >= 11 is 0. The third-order valence-corrected chi connectivity index (χ3v) is 3.37. The van der Waals surface area contributed by atoms with E-state index in [1.54, 1.807) is 12.1 Å². The Morgan fingerprint density at radius 2 is 1.88 bits per heavy atom. The molecule has 2 rings (SSSR count). The van der Waals surface area contributed by atoms with E-state index >= 15 is 0 Å². The predicted molar refractivity (Wildman–Crippen MR) is 92.6 cm³/mol. The molecule has 0 bridgehead atoms. The highest BCUT2D eigenvalue weighted by molar-refractivity contribution is 5.71. The topological polar surface area (TPSA) is 97.1 Å². The number of methoxy groups -OCH3 is 1. The Morgan fingerprint density at radius 1 is 1.12 bits per heavy atom. The van der Waals surface area contributed by atoms with Crippen molar-refractivity contribution in [2.75, 3.05) is 20.3 Å². The van der Waals surface area contributed by atoms with Crippen molar-refractivity contribution < 1.29 is 28.7 Å². The minimum Gasteiger partial charge on any atom is -0.493 e. The van der Waals surface area contributed by atoms with Crippen LogP contribution in [0.2, 0.25) is 0 Å². The van der Waals surface area contributed by atoms with Crippen LogP contribution in [0.4, 0.5) is 5.69 Å². The predicted octanol–water partition coefficient (Wildman–Crippen LogP) is 3.12. The number of hydrogen-bond acceptors (Lipinski definition) is 7. The first-order chi connectivity index (χ1) is 12.5. The second kappa shape index (κ2) is 9.26. The molecule has 0 fully saturated rings. The number of ether oxygens (including phenoxy) is 4. The summed E-state index contributed by atoms with van der Waals surface area (Å²) in [6, 6.07) is 11.2. The van der Waals surface area contributed by atoms with Gasteiger partial charge in [0.25, 0.3) is 0 Å². The van der Waals surface area contributed by atoms with Crippen LogP contribution in [0, 0.1) is 10.1 Å². The molecule has 26 heavy (non-hydrogen) atoms. The molecule has 0 atom stereocenters. The molecule has 2 aromatic carbocycles. The number of hydrogen-bond donors (Lipinski definition) is 0. The molecule has 0 aromatic heterocycles. The van der Waals surface area contributed by atoms with Crippen LogP contribution in [0.15, 0.2) is 42.5 Å². The highest BCUT2D eigenvalue weighted by Crippen LogP contribution is 2.30. The van der Waals surface area contributed by atoms with Crippen molar-refractivity contribution in [2.24, 2.45) is 0 Å². The van der Waals surface area contributed by atoms with Crippen molar-refractivity contribution in [2.45, 2.75) is 13.5 Å². The summed E-state index contributed by atoms with van der Waals surface area (Å²) in [4.78, 5) is 22.2. The van der Waals surface area contributed by atoms with E-state index in [1.165, 1.54) is 25.3 Å². The maximum absolute atomic E-state index is 11.9. The number of para-hydroxylation sites is 1. The molecule has 2 aromatic rings. The van der Waals surface area contributed by atoms with E-state index in [0.717, 1.165) is 5.56 Å². The zero-order valence-electron chi connectivity index (χ0n) is 14.5. The van der Waals surface area contributed by atoms with Gasteiger partial charge < -0.3 is 18.9 Å². The van der Waals surface area contributed by atoms with Gasteiger partial charge in [0.05, 0.1) is 18.6 Å². The summed E-state index contributed by atoms with van der Waals surface area (Å²) in [6.45, 7) is 2.10. The van der Waals surface area contributed by atoms with Gasteiger partial charge in [0.2, 0.25) is 5.75 Å². The molecule has 0 unspecified atom stereocenters. The van der Waals surface area contributed by atoms with E-state index in [9.17, 15) is 14.9 Å². The number of rotatable bonds is 9. The summed E-state index contributed by atoms with van der Waals surface area (Å²) < 4.78 is 20.9. The van der Waals surface area contributed by atoms with Gasteiger partial charge in [-0.15, -0.1) is 0 Å². The van der Waals surface area contributed by atoms with Gasteiger partial charge in [-0.3, -0.25) is 10.1 Å². The Morgan fingerprint density at radius 3 is 2.58 bits per heavy atom. The molecule has 8 heteroatoms. The van der Waals surface area contributed by atoms with E-state index < -0.39 is 10.9 Å². The van der Waals surface area contributed by atoms with Gasteiger partial charge in [-0.05, 0) is 19.1 Å². The average Bonchev–Trinajstić information content (AvgIpc) is 2.65. The van der Waals surface area contributed by atoms with Crippen LogP contribution in [-0.2, 0) is 16.1 Å².